The number of esters is 1. The first-order valence-corrected chi connectivity index (χ1v) is 7.89. The summed E-state index contributed by atoms with van der Waals surface area (Å²) in [6, 6.07) is 4.94. The monoisotopic (exact) mass is 339 g/mol. The highest BCUT2D eigenvalue weighted by molar-refractivity contribution is 6.43. The molecule has 0 heterocycles. The fourth-order valence-corrected chi connectivity index (χ4v) is 3.43. The predicted octanol–water partition coefficient (Wildman–Crippen LogP) is 3.69. The molecular weight excluding hydrogens is 325 g/mol. The Morgan fingerprint density at radius 3 is 2.73 bits per heavy atom. The van der Waals surface area contributed by atoms with Crippen LogP contribution in [0.15, 0.2) is 30.4 Å². The number of nitrogens with one attached hydrogen (secondary N) is 1. The summed E-state index contributed by atoms with van der Waals surface area (Å²) < 4.78 is 5.12. The summed E-state index contributed by atoms with van der Waals surface area (Å²) in [7, 11) is 0. The van der Waals surface area contributed by atoms with Crippen molar-refractivity contribution in [3.05, 3.63) is 40.4 Å². The highest BCUT2D eigenvalue weighted by atomic mass is 35.5. The Bertz CT molecular complexity index is 644. The van der Waals surface area contributed by atoms with Crippen molar-refractivity contribution in [2.24, 2.45) is 17.8 Å². The van der Waals surface area contributed by atoms with Crippen LogP contribution in [-0.4, -0.2) is 18.5 Å². The largest absolute Gasteiger partial charge is 0.455 e. The van der Waals surface area contributed by atoms with Gasteiger partial charge in [-0.1, -0.05) is 41.4 Å². The van der Waals surface area contributed by atoms with Crippen LogP contribution in [0, 0.1) is 17.8 Å². The van der Waals surface area contributed by atoms with E-state index in [2.05, 4.69) is 17.5 Å². The summed E-state index contributed by atoms with van der Waals surface area (Å²) in [6.45, 7) is -0.320. The van der Waals surface area contributed by atoms with Crippen LogP contribution in [-0.2, 0) is 14.3 Å². The van der Waals surface area contributed by atoms with Gasteiger partial charge in [0.15, 0.2) is 6.61 Å². The summed E-state index contributed by atoms with van der Waals surface area (Å²) in [5.74, 6) is -0.0949. The summed E-state index contributed by atoms with van der Waals surface area (Å²) in [4.78, 5) is 23.9. The van der Waals surface area contributed by atoms with Crippen LogP contribution in [0.2, 0.25) is 10.0 Å². The van der Waals surface area contributed by atoms with E-state index in [0.717, 1.165) is 12.8 Å². The van der Waals surface area contributed by atoms with Crippen molar-refractivity contribution in [2.45, 2.75) is 12.8 Å². The average Bonchev–Trinajstić information content (AvgIpc) is 3.12. The third kappa shape index (κ3) is 3.13. The van der Waals surface area contributed by atoms with Crippen LogP contribution in [0.1, 0.15) is 12.8 Å². The first-order valence-electron chi connectivity index (χ1n) is 7.13. The molecule has 1 N–H and O–H groups in total. The van der Waals surface area contributed by atoms with Crippen LogP contribution in [0.3, 0.4) is 0 Å². The summed E-state index contributed by atoms with van der Waals surface area (Å²) in [5.41, 5.74) is 0.401. The Balaban J connectivity index is 1.51. The molecule has 3 atom stereocenters. The number of ether oxygens (including phenoxy) is 1. The number of anilines is 1. The fourth-order valence-electron chi connectivity index (χ4n) is 3.08. The van der Waals surface area contributed by atoms with E-state index >= 15 is 0 Å². The average molecular weight is 340 g/mol. The Hall–Kier alpha value is -1.52. The molecule has 0 unspecified atom stereocenters. The maximum Gasteiger partial charge on any atom is 0.310 e. The van der Waals surface area contributed by atoms with Crippen molar-refractivity contribution in [3.8, 4) is 0 Å². The molecule has 1 amide bonds. The van der Waals surface area contributed by atoms with Gasteiger partial charge in [-0.2, -0.15) is 0 Å². The molecule has 1 aromatic rings. The van der Waals surface area contributed by atoms with Gasteiger partial charge in [-0.15, -0.1) is 0 Å². The number of carbonyl (C=O) groups excluding carboxylic acids is 2. The molecule has 0 radical (unpaired) electrons. The quantitative estimate of drug-likeness (QED) is 0.672. The van der Waals surface area contributed by atoms with Crippen LogP contribution in [0.25, 0.3) is 0 Å². The third-order valence-corrected chi connectivity index (χ3v) is 4.97. The predicted molar refractivity (Wildman–Crippen MR) is 84.9 cm³/mol. The molecule has 0 aliphatic heterocycles. The molecule has 0 aromatic heterocycles. The van der Waals surface area contributed by atoms with Crippen LogP contribution >= 0.6 is 23.2 Å². The van der Waals surface area contributed by atoms with E-state index < -0.39 is 5.91 Å². The van der Waals surface area contributed by atoms with Crippen molar-refractivity contribution < 1.29 is 14.3 Å². The molecule has 0 saturated heterocycles. The Morgan fingerprint density at radius 2 is 2.05 bits per heavy atom. The van der Waals surface area contributed by atoms with Crippen molar-refractivity contribution in [1.29, 1.82) is 0 Å². The normalized spacial score (nSPS) is 25.3. The molecule has 1 saturated carbocycles. The Kier molecular flexibility index (Phi) is 4.41. The lowest BCUT2D eigenvalue weighted by atomic mass is 9.94. The standard InChI is InChI=1S/C16H15Cl2NO3/c17-12-2-1-3-13(15(12)18)19-14(20)8-22-16(21)11-7-9-4-5-10(11)6-9/h1-5,9-11H,6-8H2,(H,19,20)/t9-,10-,11-/m0/s1. The van der Waals surface area contributed by atoms with E-state index in [1.165, 1.54) is 0 Å². The van der Waals surface area contributed by atoms with Gasteiger partial charge in [-0.25, -0.2) is 0 Å². The number of halogens is 2. The minimum Gasteiger partial charge on any atom is -0.455 e. The van der Waals surface area contributed by atoms with Gasteiger partial charge in [-0.05, 0) is 36.8 Å². The molecule has 3 rings (SSSR count). The first-order chi connectivity index (χ1) is 10.5. The van der Waals surface area contributed by atoms with Crippen LogP contribution in [0.5, 0.6) is 0 Å². The number of hydrogen-bond donors (Lipinski definition) is 1. The van der Waals surface area contributed by atoms with Gasteiger partial charge in [0.1, 0.15) is 0 Å². The smallest absolute Gasteiger partial charge is 0.310 e. The Morgan fingerprint density at radius 1 is 1.23 bits per heavy atom. The van der Waals surface area contributed by atoms with Crippen LogP contribution < -0.4 is 5.32 Å². The topological polar surface area (TPSA) is 55.4 Å². The van der Waals surface area contributed by atoms with Gasteiger partial charge >= 0.3 is 5.97 Å². The van der Waals surface area contributed by atoms with Gasteiger partial charge in [0.2, 0.25) is 0 Å². The summed E-state index contributed by atoms with van der Waals surface area (Å²) in [6.07, 6.45) is 6.07. The zero-order chi connectivity index (χ0) is 15.7. The van der Waals surface area contributed by atoms with E-state index in [9.17, 15) is 9.59 Å². The number of amides is 1. The third-order valence-electron chi connectivity index (χ3n) is 4.15. The van der Waals surface area contributed by atoms with E-state index in [0.29, 0.717) is 16.6 Å². The van der Waals surface area contributed by atoms with Gasteiger partial charge in [-0.3, -0.25) is 9.59 Å². The van der Waals surface area contributed by atoms with E-state index in [-0.39, 0.29) is 29.4 Å². The number of allylic oxidation sites excluding steroid dienone is 2. The number of fused-ring (bicyclic) bond motifs is 2. The lowest BCUT2D eigenvalue weighted by molar-refractivity contribution is -0.152. The molecule has 4 nitrogen and oxygen atoms in total. The van der Waals surface area contributed by atoms with E-state index in [1.54, 1.807) is 18.2 Å². The minimum absolute atomic E-state index is 0.113. The lowest BCUT2D eigenvalue weighted by Crippen LogP contribution is -2.26. The summed E-state index contributed by atoms with van der Waals surface area (Å²) in [5, 5.41) is 3.20. The molecule has 6 heteroatoms. The van der Waals surface area contributed by atoms with E-state index in [4.69, 9.17) is 27.9 Å². The minimum atomic E-state index is -0.434. The number of benzene rings is 1. The molecule has 0 spiro atoms. The van der Waals surface area contributed by atoms with E-state index in [1.807, 2.05) is 0 Å². The molecule has 2 bridgehead atoms. The van der Waals surface area contributed by atoms with Gasteiger partial charge in [0.05, 0.1) is 21.7 Å². The van der Waals surface area contributed by atoms with Gasteiger partial charge in [0, 0.05) is 0 Å². The fraction of sp³-hybridized carbons (Fsp3) is 0.375. The zero-order valence-corrected chi connectivity index (χ0v) is 13.2. The highest BCUT2D eigenvalue weighted by Gasteiger charge is 2.40. The molecule has 2 aliphatic carbocycles. The number of rotatable bonds is 4. The zero-order valence-electron chi connectivity index (χ0n) is 11.7. The van der Waals surface area contributed by atoms with Crippen molar-refractivity contribution in [3.63, 3.8) is 0 Å². The molecule has 1 fully saturated rings. The van der Waals surface area contributed by atoms with Gasteiger partial charge in [0.25, 0.3) is 5.91 Å². The Labute approximate surface area is 138 Å². The van der Waals surface area contributed by atoms with Crippen LogP contribution in [0.4, 0.5) is 5.69 Å². The number of carbonyl (C=O) groups is 2. The summed E-state index contributed by atoms with van der Waals surface area (Å²) >= 11 is 11.9. The second-order valence-corrected chi connectivity index (χ2v) is 6.43. The SMILES string of the molecule is O=C(COC(=O)[C@H]1C[C@H]2C=C[C@H]1C2)Nc1cccc(Cl)c1Cl. The maximum absolute atomic E-state index is 12.0. The second kappa shape index (κ2) is 6.31. The lowest BCUT2D eigenvalue weighted by Gasteiger charge is -2.16. The van der Waals surface area contributed by atoms with Crippen molar-refractivity contribution in [2.75, 3.05) is 11.9 Å². The van der Waals surface area contributed by atoms with Gasteiger partial charge < -0.3 is 10.1 Å². The molecular formula is C16H15Cl2NO3. The maximum atomic E-state index is 12.0. The molecule has 116 valence electrons. The number of hydrogen-bond acceptors (Lipinski definition) is 3. The molecule has 22 heavy (non-hydrogen) atoms. The molecule has 2 aliphatic rings. The second-order valence-electron chi connectivity index (χ2n) is 5.64. The highest BCUT2D eigenvalue weighted by Crippen LogP contribution is 2.43. The first kappa shape index (κ1) is 15.4. The van der Waals surface area contributed by atoms with Crippen molar-refractivity contribution >= 4 is 40.8 Å². The molecule has 1 aromatic carbocycles. The van der Waals surface area contributed by atoms with Crippen molar-refractivity contribution in [1.82, 2.24) is 0 Å².